The topological polar surface area (TPSA) is 52.0 Å². The molecule has 18 heavy (non-hydrogen) atoms. The smallest absolute Gasteiger partial charge is 0.0694 e. The average molecular weight is 250 g/mol. The van der Waals surface area contributed by atoms with E-state index in [1.807, 2.05) is 0 Å². The third-order valence-corrected chi connectivity index (χ3v) is 6.79. The van der Waals surface area contributed by atoms with E-state index >= 15 is 0 Å². The van der Waals surface area contributed by atoms with Crippen LogP contribution < -0.4 is 11.5 Å². The predicted molar refractivity (Wildman–Crippen MR) is 75.7 cm³/mol. The summed E-state index contributed by atoms with van der Waals surface area (Å²) in [6, 6.07) is 0. The summed E-state index contributed by atoms with van der Waals surface area (Å²) in [6.45, 7) is 4.46. The molecule has 0 aromatic rings. The number of hydrogen-bond acceptors (Lipinski definition) is 2. The minimum atomic E-state index is -0.420. The Kier molecular flexibility index (Phi) is 3.22. The second-order valence-corrected chi connectivity index (χ2v) is 7.42. The largest absolute Gasteiger partial charge is 0.313 e. The van der Waals surface area contributed by atoms with Crippen molar-refractivity contribution in [3.8, 4) is 0 Å². The molecule has 3 fully saturated rings. The van der Waals surface area contributed by atoms with Crippen LogP contribution in [0.4, 0.5) is 0 Å². The highest BCUT2D eigenvalue weighted by Gasteiger charge is 2.57. The minimum Gasteiger partial charge on any atom is -0.313 e. The van der Waals surface area contributed by atoms with Crippen molar-refractivity contribution < 1.29 is 0 Å². The maximum absolute atomic E-state index is 6.56. The van der Waals surface area contributed by atoms with Crippen molar-refractivity contribution in [2.24, 2.45) is 47.0 Å². The summed E-state index contributed by atoms with van der Waals surface area (Å²) >= 11 is 0. The average Bonchev–Trinajstić information content (AvgIpc) is 2.97. The van der Waals surface area contributed by atoms with E-state index in [1.54, 1.807) is 0 Å². The van der Waals surface area contributed by atoms with Gasteiger partial charge >= 0.3 is 0 Å². The Hall–Kier alpha value is -0.0800. The summed E-state index contributed by atoms with van der Waals surface area (Å²) in [5.74, 6) is 4.86. The van der Waals surface area contributed by atoms with E-state index in [0.29, 0.717) is 11.8 Å². The van der Waals surface area contributed by atoms with E-state index in [1.165, 1.54) is 38.5 Å². The molecule has 2 bridgehead atoms. The van der Waals surface area contributed by atoms with E-state index in [4.69, 9.17) is 11.5 Å². The first kappa shape index (κ1) is 12.9. The van der Waals surface area contributed by atoms with Gasteiger partial charge in [-0.05, 0) is 61.2 Å². The third-order valence-electron chi connectivity index (χ3n) is 6.79. The molecule has 4 N–H and O–H groups in total. The van der Waals surface area contributed by atoms with Crippen molar-refractivity contribution in [2.75, 3.05) is 0 Å². The molecule has 0 aliphatic heterocycles. The predicted octanol–water partition coefficient (Wildman–Crippen LogP) is 3.11. The lowest BCUT2D eigenvalue weighted by Gasteiger charge is -2.46. The van der Waals surface area contributed by atoms with Gasteiger partial charge < -0.3 is 11.5 Å². The Morgan fingerprint density at radius 2 is 1.72 bits per heavy atom. The molecular weight excluding hydrogens is 220 g/mol. The molecule has 3 rings (SSSR count). The first-order chi connectivity index (χ1) is 8.55. The Labute approximate surface area is 112 Å². The van der Waals surface area contributed by atoms with E-state index in [2.05, 4.69) is 13.8 Å². The van der Waals surface area contributed by atoms with Gasteiger partial charge in [-0.25, -0.2) is 0 Å². The van der Waals surface area contributed by atoms with Crippen molar-refractivity contribution in [1.82, 2.24) is 0 Å². The van der Waals surface area contributed by atoms with E-state index in [-0.39, 0.29) is 0 Å². The Bertz CT molecular complexity index is 312. The second-order valence-electron chi connectivity index (χ2n) is 7.42. The summed E-state index contributed by atoms with van der Waals surface area (Å²) < 4.78 is 0. The van der Waals surface area contributed by atoms with Gasteiger partial charge in [-0.1, -0.05) is 33.1 Å². The molecule has 2 heteroatoms. The van der Waals surface area contributed by atoms with Gasteiger partial charge in [0, 0.05) is 0 Å². The fraction of sp³-hybridized carbons (Fsp3) is 1.00. The third kappa shape index (κ3) is 1.76. The van der Waals surface area contributed by atoms with Crippen LogP contribution in [-0.2, 0) is 0 Å². The van der Waals surface area contributed by atoms with Gasteiger partial charge in [0.2, 0.25) is 0 Å². The summed E-state index contributed by atoms with van der Waals surface area (Å²) in [7, 11) is 0. The summed E-state index contributed by atoms with van der Waals surface area (Å²) in [5, 5.41) is 0. The number of rotatable bonds is 3. The Balaban J connectivity index is 1.78. The summed E-state index contributed by atoms with van der Waals surface area (Å²) in [4.78, 5) is 0. The van der Waals surface area contributed by atoms with Crippen LogP contribution in [0.5, 0.6) is 0 Å². The highest BCUT2D eigenvalue weighted by atomic mass is 15.0. The molecule has 104 valence electrons. The normalized spacial score (nSPS) is 45.0. The molecule has 0 radical (unpaired) electrons. The fourth-order valence-corrected chi connectivity index (χ4v) is 5.53. The molecule has 0 aromatic carbocycles. The van der Waals surface area contributed by atoms with Crippen LogP contribution in [0.1, 0.15) is 58.8 Å². The summed E-state index contributed by atoms with van der Waals surface area (Å²) in [6.07, 6.45) is 9.73. The maximum Gasteiger partial charge on any atom is 0.0694 e. The van der Waals surface area contributed by atoms with Gasteiger partial charge in [0.1, 0.15) is 0 Å². The lowest BCUT2D eigenvalue weighted by atomic mass is 9.63. The first-order valence-electron chi connectivity index (χ1n) is 8.13. The van der Waals surface area contributed by atoms with Crippen molar-refractivity contribution in [3.63, 3.8) is 0 Å². The van der Waals surface area contributed by atoms with Crippen molar-refractivity contribution >= 4 is 0 Å². The zero-order chi connectivity index (χ0) is 12.9. The Morgan fingerprint density at radius 3 is 2.39 bits per heavy atom. The summed E-state index contributed by atoms with van der Waals surface area (Å²) in [5.41, 5.74) is 12.7. The molecule has 2 nitrogen and oxygen atoms in total. The SMILES string of the molecule is CCC(C)C(N)(N)C1CC2CC1C1CCCCC21. The zero-order valence-electron chi connectivity index (χ0n) is 12.1. The van der Waals surface area contributed by atoms with Crippen LogP contribution in [0, 0.1) is 35.5 Å². The lowest BCUT2D eigenvalue weighted by Crippen LogP contribution is -2.62. The molecule has 6 unspecified atom stereocenters. The van der Waals surface area contributed by atoms with Crippen molar-refractivity contribution in [1.29, 1.82) is 0 Å². The monoisotopic (exact) mass is 250 g/mol. The van der Waals surface area contributed by atoms with Crippen LogP contribution in [0.2, 0.25) is 0 Å². The van der Waals surface area contributed by atoms with E-state index in [9.17, 15) is 0 Å². The van der Waals surface area contributed by atoms with E-state index < -0.39 is 5.66 Å². The molecule has 6 atom stereocenters. The van der Waals surface area contributed by atoms with Gasteiger partial charge in [0.25, 0.3) is 0 Å². The van der Waals surface area contributed by atoms with Crippen LogP contribution in [0.15, 0.2) is 0 Å². The van der Waals surface area contributed by atoms with Crippen LogP contribution in [-0.4, -0.2) is 5.66 Å². The highest BCUT2D eigenvalue weighted by Crippen LogP contribution is 2.61. The van der Waals surface area contributed by atoms with Gasteiger partial charge in [-0.2, -0.15) is 0 Å². The standard InChI is InChI=1S/C16H30N2/c1-3-10(2)16(17,18)15-9-11-8-14(15)13-7-5-4-6-12(11)13/h10-15H,3-9,17-18H2,1-2H3. The minimum absolute atomic E-state index is 0.420. The van der Waals surface area contributed by atoms with Gasteiger partial charge in [-0.15, -0.1) is 0 Å². The molecule has 0 saturated heterocycles. The molecular formula is C16H30N2. The molecule has 0 amide bonds. The maximum atomic E-state index is 6.56. The quantitative estimate of drug-likeness (QED) is 0.756. The molecule has 3 aliphatic rings. The number of nitrogens with two attached hydrogens (primary N) is 2. The van der Waals surface area contributed by atoms with Gasteiger partial charge in [0.05, 0.1) is 5.66 Å². The highest BCUT2D eigenvalue weighted by molar-refractivity contribution is 5.07. The molecule has 0 heterocycles. The number of fused-ring (bicyclic) bond motifs is 5. The first-order valence-corrected chi connectivity index (χ1v) is 8.13. The molecule has 0 aromatic heterocycles. The van der Waals surface area contributed by atoms with Crippen LogP contribution in [0.25, 0.3) is 0 Å². The molecule has 3 saturated carbocycles. The Morgan fingerprint density at radius 1 is 1.06 bits per heavy atom. The van der Waals surface area contributed by atoms with Crippen LogP contribution >= 0.6 is 0 Å². The van der Waals surface area contributed by atoms with Gasteiger partial charge in [-0.3, -0.25) is 0 Å². The lowest BCUT2D eigenvalue weighted by molar-refractivity contribution is 0.0495. The molecule has 0 spiro atoms. The van der Waals surface area contributed by atoms with Gasteiger partial charge in [0.15, 0.2) is 0 Å². The number of hydrogen-bond donors (Lipinski definition) is 2. The van der Waals surface area contributed by atoms with Crippen molar-refractivity contribution in [3.05, 3.63) is 0 Å². The zero-order valence-corrected chi connectivity index (χ0v) is 12.1. The van der Waals surface area contributed by atoms with E-state index in [0.717, 1.165) is 30.1 Å². The fourth-order valence-electron chi connectivity index (χ4n) is 5.53. The molecule has 3 aliphatic carbocycles. The van der Waals surface area contributed by atoms with Crippen molar-refractivity contribution in [2.45, 2.75) is 64.5 Å². The van der Waals surface area contributed by atoms with Crippen LogP contribution in [0.3, 0.4) is 0 Å². The second kappa shape index (κ2) is 4.49.